The molecule has 3 nitrogen and oxygen atoms in total. The molecule has 70 heavy (non-hydrogen) atoms. The molecule has 0 unspecified atom stereocenters. The summed E-state index contributed by atoms with van der Waals surface area (Å²) in [4.78, 5) is 15.9. The Morgan fingerprint density at radius 2 is 0.643 bits per heavy atom. The fraction of sp³-hybridized carbons (Fsp3) is 0.0597. The van der Waals surface area contributed by atoms with Crippen LogP contribution in [0.1, 0.15) is 47.2 Å². The van der Waals surface area contributed by atoms with E-state index in [4.69, 9.17) is 15.0 Å². The van der Waals surface area contributed by atoms with Gasteiger partial charge in [0.05, 0.1) is 5.41 Å². The van der Waals surface area contributed by atoms with Gasteiger partial charge in [0, 0.05) is 22.1 Å². The molecule has 0 atom stereocenters. The fourth-order valence-corrected chi connectivity index (χ4v) is 12.1. The average molecular weight is 892 g/mol. The third kappa shape index (κ3) is 5.91. The van der Waals surface area contributed by atoms with Crippen LogP contribution in [0, 0.1) is 0 Å². The van der Waals surface area contributed by atoms with Crippen LogP contribution < -0.4 is 0 Å². The van der Waals surface area contributed by atoms with Crippen molar-refractivity contribution in [3.8, 4) is 67.5 Å². The van der Waals surface area contributed by atoms with Crippen molar-refractivity contribution in [2.45, 2.75) is 24.7 Å². The largest absolute Gasteiger partial charge is 0.208 e. The van der Waals surface area contributed by atoms with Gasteiger partial charge in [-0.1, -0.05) is 226 Å². The highest BCUT2D eigenvalue weighted by molar-refractivity contribution is 6.26. The summed E-state index contributed by atoms with van der Waals surface area (Å²) in [6.45, 7) is 4.70. The molecule has 0 saturated heterocycles. The van der Waals surface area contributed by atoms with E-state index in [1.54, 1.807) is 0 Å². The normalized spacial score (nSPS) is 13.8. The van der Waals surface area contributed by atoms with Crippen LogP contribution in [0.3, 0.4) is 0 Å². The maximum Gasteiger partial charge on any atom is 0.164 e. The highest BCUT2D eigenvalue weighted by Crippen LogP contribution is 2.57. The molecule has 12 aromatic rings. The van der Waals surface area contributed by atoms with Crippen molar-refractivity contribution in [2.24, 2.45) is 0 Å². The molecule has 0 fully saturated rings. The second-order valence-corrected chi connectivity index (χ2v) is 19.5. The summed E-state index contributed by atoms with van der Waals surface area (Å²) < 4.78 is 0. The lowest BCUT2D eigenvalue weighted by atomic mass is 9.67. The summed E-state index contributed by atoms with van der Waals surface area (Å²) in [5.41, 5.74) is 17.4. The number of rotatable bonds is 6. The molecule has 0 N–H and O–H groups in total. The van der Waals surface area contributed by atoms with E-state index in [9.17, 15) is 0 Å². The Morgan fingerprint density at radius 3 is 1.30 bits per heavy atom. The molecule has 0 saturated carbocycles. The SMILES string of the molecule is CC1(C)c2ccccc2-c2ccc(-c3ccc4c(c3)c3ccccc3c3ccc(-c5nc(-c6ccccc6)nc(-c6ccc7c(c6)C(c6ccccc6)(c6ccccc6)c6ccccc6-7)n5)cc34)cc21. The minimum absolute atomic E-state index is 0.0747. The Bertz CT molecular complexity index is 4040. The maximum absolute atomic E-state index is 5.40. The van der Waals surface area contributed by atoms with Crippen LogP contribution in [0.5, 0.6) is 0 Å². The zero-order valence-electron chi connectivity index (χ0n) is 38.9. The van der Waals surface area contributed by atoms with E-state index in [1.165, 1.54) is 93.7 Å². The van der Waals surface area contributed by atoms with Gasteiger partial charge in [-0.3, -0.25) is 0 Å². The second-order valence-electron chi connectivity index (χ2n) is 19.5. The van der Waals surface area contributed by atoms with E-state index in [1.807, 2.05) is 18.2 Å². The number of hydrogen-bond acceptors (Lipinski definition) is 3. The lowest BCUT2D eigenvalue weighted by Crippen LogP contribution is -2.28. The van der Waals surface area contributed by atoms with Gasteiger partial charge in [-0.2, -0.15) is 0 Å². The highest BCUT2D eigenvalue weighted by Gasteiger charge is 2.46. The quantitative estimate of drug-likeness (QED) is 0.156. The predicted octanol–water partition coefficient (Wildman–Crippen LogP) is 16.7. The molecular weight excluding hydrogens is 847 g/mol. The molecule has 0 aliphatic heterocycles. The third-order valence-corrected chi connectivity index (χ3v) is 15.4. The smallest absolute Gasteiger partial charge is 0.164 e. The summed E-state index contributed by atoms with van der Waals surface area (Å²) >= 11 is 0. The minimum Gasteiger partial charge on any atom is -0.208 e. The first-order valence-corrected chi connectivity index (χ1v) is 24.3. The average Bonchev–Trinajstić information content (AvgIpc) is 3.86. The van der Waals surface area contributed by atoms with Gasteiger partial charge in [0.25, 0.3) is 0 Å². The topological polar surface area (TPSA) is 38.7 Å². The van der Waals surface area contributed by atoms with E-state index in [2.05, 4.69) is 232 Å². The Balaban J connectivity index is 0.947. The van der Waals surface area contributed by atoms with Crippen molar-refractivity contribution in [3.05, 3.63) is 270 Å². The van der Waals surface area contributed by atoms with E-state index < -0.39 is 5.41 Å². The number of benzene rings is 11. The van der Waals surface area contributed by atoms with E-state index in [0.717, 1.165) is 22.1 Å². The molecule has 0 spiro atoms. The molecule has 14 rings (SSSR count). The Hall–Kier alpha value is -8.79. The fourth-order valence-electron chi connectivity index (χ4n) is 12.1. The van der Waals surface area contributed by atoms with Crippen molar-refractivity contribution in [1.82, 2.24) is 15.0 Å². The molecule has 328 valence electrons. The summed E-state index contributed by atoms with van der Waals surface area (Å²) in [5.74, 6) is 1.90. The third-order valence-electron chi connectivity index (χ3n) is 15.4. The maximum atomic E-state index is 5.40. The van der Waals surface area contributed by atoms with Crippen molar-refractivity contribution in [1.29, 1.82) is 0 Å². The molecule has 0 amide bonds. The lowest BCUT2D eigenvalue weighted by molar-refractivity contribution is 0.660. The number of fused-ring (bicyclic) bond motifs is 12. The molecule has 1 aromatic heterocycles. The van der Waals surface area contributed by atoms with Gasteiger partial charge < -0.3 is 0 Å². The summed E-state index contributed by atoms with van der Waals surface area (Å²) in [6.07, 6.45) is 0. The molecule has 11 aromatic carbocycles. The number of aromatic nitrogens is 3. The molecular formula is C67H45N3. The van der Waals surface area contributed by atoms with Crippen LogP contribution in [0.2, 0.25) is 0 Å². The molecule has 2 aliphatic carbocycles. The van der Waals surface area contributed by atoms with Gasteiger partial charge in [0.2, 0.25) is 0 Å². The zero-order valence-corrected chi connectivity index (χ0v) is 38.9. The van der Waals surface area contributed by atoms with E-state index >= 15 is 0 Å². The van der Waals surface area contributed by atoms with Gasteiger partial charge in [0.15, 0.2) is 17.5 Å². The van der Waals surface area contributed by atoms with Crippen LogP contribution in [-0.4, -0.2) is 15.0 Å². The Labute approximate surface area is 407 Å². The van der Waals surface area contributed by atoms with E-state index in [0.29, 0.717) is 17.5 Å². The van der Waals surface area contributed by atoms with Crippen LogP contribution >= 0.6 is 0 Å². The number of hydrogen-bond donors (Lipinski definition) is 0. The first-order chi connectivity index (χ1) is 34.4. The molecule has 2 aliphatic rings. The number of nitrogens with zero attached hydrogens (tertiary/aromatic N) is 3. The first-order valence-electron chi connectivity index (χ1n) is 24.3. The predicted molar refractivity (Wildman–Crippen MR) is 289 cm³/mol. The molecule has 0 radical (unpaired) electrons. The highest BCUT2D eigenvalue weighted by atomic mass is 15.0. The van der Waals surface area contributed by atoms with Crippen molar-refractivity contribution < 1.29 is 0 Å². The van der Waals surface area contributed by atoms with Gasteiger partial charge in [-0.15, -0.1) is 0 Å². The zero-order chi connectivity index (χ0) is 46.6. The van der Waals surface area contributed by atoms with Crippen molar-refractivity contribution in [3.63, 3.8) is 0 Å². The summed E-state index contributed by atoms with van der Waals surface area (Å²) in [5, 5.41) is 7.25. The van der Waals surface area contributed by atoms with Gasteiger partial charge in [-0.05, 0) is 123 Å². The van der Waals surface area contributed by atoms with Crippen LogP contribution in [-0.2, 0) is 10.8 Å². The van der Waals surface area contributed by atoms with Crippen molar-refractivity contribution >= 4 is 32.3 Å². The van der Waals surface area contributed by atoms with Gasteiger partial charge in [-0.25, -0.2) is 15.0 Å². The standard InChI is InChI=1S/C67H45N3/c1-66(2)59-28-16-14-26-53(59)55-36-31-44(40-61(55)66)43-30-34-52-57(38-43)50-25-13-12-24-49(50)51-35-32-45(39-58(51)52)64-68-63(42-18-6-3-7-19-42)69-65(70-64)46-33-37-56-54-27-15-17-29-60(54)67(62(56)41-46,47-20-8-4-9-21-47)48-22-10-5-11-23-48/h3-41H,1-2H3. The lowest BCUT2D eigenvalue weighted by Gasteiger charge is -2.34. The summed E-state index contributed by atoms with van der Waals surface area (Å²) in [7, 11) is 0. The van der Waals surface area contributed by atoms with E-state index in [-0.39, 0.29) is 5.41 Å². The van der Waals surface area contributed by atoms with Gasteiger partial charge >= 0.3 is 0 Å². The molecule has 1 heterocycles. The minimum atomic E-state index is -0.548. The Kier molecular flexibility index (Phi) is 8.84. The monoisotopic (exact) mass is 891 g/mol. The van der Waals surface area contributed by atoms with Crippen LogP contribution in [0.25, 0.3) is 99.9 Å². The molecule has 0 bridgehead atoms. The van der Waals surface area contributed by atoms with Gasteiger partial charge in [0.1, 0.15) is 0 Å². The first kappa shape index (κ1) is 40.3. The van der Waals surface area contributed by atoms with Crippen LogP contribution in [0.4, 0.5) is 0 Å². The molecule has 3 heteroatoms. The summed E-state index contributed by atoms with van der Waals surface area (Å²) in [6, 6.07) is 86.3. The van der Waals surface area contributed by atoms with Crippen molar-refractivity contribution in [2.75, 3.05) is 0 Å². The Morgan fingerprint density at radius 1 is 0.257 bits per heavy atom. The van der Waals surface area contributed by atoms with Crippen LogP contribution in [0.15, 0.2) is 237 Å². The second kappa shape index (κ2) is 15.4.